The third-order valence-corrected chi connectivity index (χ3v) is 4.61. The molecular weight excluding hydrogens is 305 g/mol. The highest BCUT2D eigenvalue weighted by Gasteiger charge is 2.24. The van der Waals surface area contributed by atoms with E-state index in [2.05, 4.69) is 4.98 Å². The number of carbonyl (C=O) groups is 1. The van der Waals surface area contributed by atoms with Gasteiger partial charge in [0.05, 0.1) is 16.1 Å². The lowest BCUT2D eigenvalue weighted by Gasteiger charge is -2.21. The number of aryl methyl sites for hydroxylation is 1. The predicted molar refractivity (Wildman–Crippen MR) is 86.3 cm³/mol. The number of carbonyl (C=O) groups excluding carboxylic acids is 1. The van der Waals surface area contributed by atoms with Gasteiger partial charge >= 0.3 is 0 Å². The van der Waals surface area contributed by atoms with Crippen molar-refractivity contribution in [2.24, 2.45) is 11.5 Å². The van der Waals surface area contributed by atoms with Crippen LogP contribution in [0.25, 0.3) is 16.5 Å². The Bertz CT molecular complexity index is 810. The van der Waals surface area contributed by atoms with Gasteiger partial charge in [0, 0.05) is 22.7 Å². The Balaban J connectivity index is 2.35. The SMILES string of the molecule is Cc1[nH]c2c(C(N)=O)cc(F)c(C3=CCCC(N)C3)c2c1Cl. The molecule has 0 saturated heterocycles. The summed E-state index contributed by atoms with van der Waals surface area (Å²) in [5.41, 5.74) is 13.9. The van der Waals surface area contributed by atoms with E-state index in [1.807, 2.05) is 6.08 Å². The van der Waals surface area contributed by atoms with Crippen LogP contribution < -0.4 is 11.5 Å². The monoisotopic (exact) mass is 321 g/mol. The molecule has 116 valence electrons. The molecule has 1 aromatic carbocycles. The second kappa shape index (κ2) is 5.41. The number of nitrogens with one attached hydrogen (secondary N) is 1. The van der Waals surface area contributed by atoms with E-state index in [4.69, 9.17) is 23.1 Å². The second-order valence-corrected chi connectivity index (χ2v) is 6.11. The molecule has 0 bridgehead atoms. The van der Waals surface area contributed by atoms with Gasteiger partial charge in [0.25, 0.3) is 5.91 Å². The van der Waals surface area contributed by atoms with Crippen LogP contribution in [0.2, 0.25) is 5.02 Å². The summed E-state index contributed by atoms with van der Waals surface area (Å²) >= 11 is 6.34. The van der Waals surface area contributed by atoms with Gasteiger partial charge < -0.3 is 16.5 Å². The van der Waals surface area contributed by atoms with E-state index in [-0.39, 0.29) is 11.6 Å². The first-order valence-corrected chi connectivity index (χ1v) is 7.53. The van der Waals surface area contributed by atoms with Crippen molar-refractivity contribution in [1.82, 2.24) is 4.98 Å². The average Bonchev–Trinajstić information content (AvgIpc) is 2.74. The molecule has 3 rings (SSSR count). The number of aromatic nitrogens is 1. The molecule has 5 N–H and O–H groups in total. The number of hydrogen-bond donors (Lipinski definition) is 3. The minimum absolute atomic E-state index is 0.00378. The van der Waals surface area contributed by atoms with E-state index < -0.39 is 11.7 Å². The first-order valence-electron chi connectivity index (χ1n) is 7.15. The van der Waals surface area contributed by atoms with Crippen LogP contribution >= 0.6 is 11.6 Å². The molecule has 4 nitrogen and oxygen atoms in total. The van der Waals surface area contributed by atoms with Crippen LogP contribution in [-0.2, 0) is 0 Å². The lowest BCUT2D eigenvalue weighted by Crippen LogP contribution is -2.22. The third-order valence-electron chi connectivity index (χ3n) is 4.14. The van der Waals surface area contributed by atoms with E-state index in [1.165, 1.54) is 6.07 Å². The van der Waals surface area contributed by atoms with Gasteiger partial charge in [-0.05, 0) is 37.8 Å². The van der Waals surface area contributed by atoms with Gasteiger partial charge in [0.2, 0.25) is 0 Å². The summed E-state index contributed by atoms with van der Waals surface area (Å²) in [6.45, 7) is 1.77. The van der Waals surface area contributed by atoms with Crippen LogP contribution in [0.15, 0.2) is 12.1 Å². The lowest BCUT2D eigenvalue weighted by atomic mass is 9.88. The van der Waals surface area contributed by atoms with Crippen LogP contribution in [0.1, 0.15) is 40.9 Å². The number of fused-ring (bicyclic) bond motifs is 1. The maximum absolute atomic E-state index is 14.7. The molecule has 0 saturated carbocycles. The Morgan fingerprint density at radius 2 is 2.23 bits per heavy atom. The largest absolute Gasteiger partial charge is 0.366 e. The molecule has 1 unspecified atom stereocenters. The number of amides is 1. The lowest BCUT2D eigenvalue weighted by molar-refractivity contribution is 0.100. The number of hydrogen-bond acceptors (Lipinski definition) is 2. The minimum atomic E-state index is -0.692. The number of rotatable bonds is 2. The van der Waals surface area contributed by atoms with Crippen LogP contribution in [-0.4, -0.2) is 16.9 Å². The summed E-state index contributed by atoms with van der Waals surface area (Å²) in [6, 6.07) is 1.18. The van der Waals surface area contributed by atoms with E-state index in [0.29, 0.717) is 33.6 Å². The molecule has 1 heterocycles. The Morgan fingerprint density at radius 1 is 1.50 bits per heavy atom. The molecule has 1 amide bonds. The zero-order chi connectivity index (χ0) is 16.0. The summed E-state index contributed by atoms with van der Waals surface area (Å²) < 4.78 is 14.7. The van der Waals surface area contributed by atoms with Crippen molar-refractivity contribution >= 4 is 34.0 Å². The molecule has 22 heavy (non-hydrogen) atoms. The van der Waals surface area contributed by atoms with Gasteiger partial charge in [0.15, 0.2) is 0 Å². The van der Waals surface area contributed by atoms with Gasteiger partial charge in [-0.2, -0.15) is 0 Å². The van der Waals surface area contributed by atoms with Crippen molar-refractivity contribution in [3.05, 3.63) is 39.8 Å². The Kier molecular flexibility index (Phi) is 3.70. The number of aromatic amines is 1. The maximum Gasteiger partial charge on any atom is 0.250 e. The quantitative estimate of drug-likeness (QED) is 0.793. The second-order valence-electron chi connectivity index (χ2n) is 5.73. The van der Waals surface area contributed by atoms with Crippen molar-refractivity contribution in [3.8, 4) is 0 Å². The van der Waals surface area contributed by atoms with Gasteiger partial charge in [0.1, 0.15) is 5.82 Å². The highest BCUT2D eigenvalue weighted by atomic mass is 35.5. The highest BCUT2D eigenvalue weighted by molar-refractivity contribution is 6.37. The Hall–Kier alpha value is -1.85. The maximum atomic E-state index is 14.7. The van der Waals surface area contributed by atoms with Crippen LogP contribution in [0.5, 0.6) is 0 Å². The van der Waals surface area contributed by atoms with Crippen molar-refractivity contribution in [2.45, 2.75) is 32.2 Å². The molecule has 1 aliphatic rings. The molecule has 6 heteroatoms. The zero-order valence-corrected chi connectivity index (χ0v) is 12.9. The molecule has 2 aromatic rings. The topological polar surface area (TPSA) is 84.9 Å². The third kappa shape index (κ3) is 2.30. The van der Waals surface area contributed by atoms with Crippen molar-refractivity contribution in [2.75, 3.05) is 0 Å². The number of allylic oxidation sites excluding steroid dienone is 1. The summed E-state index contributed by atoms with van der Waals surface area (Å²) in [6.07, 6.45) is 4.26. The van der Waals surface area contributed by atoms with Gasteiger partial charge in [-0.15, -0.1) is 0 Å². The summed E-state index contributed by atoms with van der Waals surface area (Å²) in [7, 11) is 0. The van der Waals surface area contributed by atoms with E-state index in [1.54, 1.807) is 6.92 Å². The van der Waals surface area contributed by atoms with E-state index >= 15 is 0 Å². The number of primary amides is 1. The number of H-pyrrole nitrogens is 1. The fraction of sp³-hybridized carbons (Fsp3) is 0.312. The summed E-state index contributed by atoms with van der Waals surface area (Å²) in [5, 5.41) is 0.917. The average molecular weight is 322 g/mol. The van der Waals surface area contributed by atoms with Crippen molar-refractivity contribution in [3.63, 3.8) is 0 Å². The normalized spacial score (nSPS) is 18.5. The Labute approximate surface area is 132 Å². The molecule has 0 spiro atoms. The number of halogens is 2. The molecule has 0 radical (unpaired) electrons. The first kappa shape index (κ1) is 15.1. The van der Waals surface area contributed by atoms with Gasteiger partial charge in [-0.25, -0.2) is 4.39 Å². The Morgan fingerprint density at radius 3 is 2.86 bits per heavy atom. The summed E-state index contributed by atoms with van der Waals surface area (Å²) in [4.78, 5) is 14.6. The van der Waals surface area contributed by atoms with Crippen LogP contribution in [0.3, 0.4) is 0 Å². The van der Waals surface area contributed by atoms with Crippen molar-refractivity contribution < 1.29 is 9.18 Å². The van der Waals surface area contributed by atoms with Crippen molar-refractivity contribution in [1.29, 1.82) is 0 Å². The number of benzene rings is 1. The molecule has 1 aromatic heterocycles. The molecule has 0 fully saturated rings. The highest BCUT2D eigenvalue weighted by Crippen LogP contribution is 2.39. The molecule has 1 aliphatic carbocycles. The minimum Gasteiger partial charge on any atom is -0.366 e. The molecular formula is C16H17ClFN3O. The zero-order valence-electron chi connectivity index (χ0n) is 12.2. The number of nitrogens with two attached hydrogens (primary N) is 2. The van der Waals surface area contributed by atoms with E-state index in [0.717, 1.165) is 18.4 Å². The van der Waals surface area contributed by atoms with Gasteiger partial charge in [-0.3, -0.25) is 4.79 Å². The fourth-order valence-electron chi connectivity index (χ4n) is 3.08. The standard InChI is InChI=1S/C16H17ClFN3O/c1-7-14(17)13-12(8-3-2-4-9(19)5-8)11(18)6-10(16(20)22)15(13)21-7/h3,6,9,21H,2,4-5,19H2,1H3,(H2,20,22). The predicted octanol–water partition coefficient (Wildman–Crippen LogP) is 3.26. The van der Waals surface area contributed by atoms with E-state index in [9.17, 15) is 9.18 Å². The smallest absolute Gasteiger partial charge is 0.250 e. The van der Waals surface area contributed by atoms with Crippen LogP contribution in [0, 0.1) is 12.7 Å². The first-order chi connectivity index (χ1) is 10.4. The molecule has 0 aliphatic heterocycles. The van der Waals surface area contributed by atoms with Gasteiger partial charge in [-0.1, -0.05) is 17.7 Å². The summed E-state index contributed by atoms with van der Waals surface area (Å²) in [5.74, 6) is -1.19. The fourth-order valence-corrected chi connectivity index (χ4v) is 3.32. The van der Waals surface area contributed by atoms with Crippen LogP contribution in [0.4, 0.5) is 4.39 Å². The molecule has 1 atom stereocenters.